The molecule has 0 saturated carbocycles. The summed E-state index contributed by atoms with van der Waals surface area (Å²) in [7, 11) is 0. The highest BCUT2D eigenvalue weighted by atomic mass is 16.5. The van der Waals surface area contributed by atoms with Crippen molar-refractivity contribution < 1.29 is 24.4 Å². The van der Waals surface area contributed by atoms with Crippen LogP contribution in [0.1, 0.15) is 36.6 Å². The monoisotopic (exact) mass is 420 g/mol. The molecule has 0 bridgehead atoms. The summed E-state index contributed by atoms with van der Waals surface area (Å²) >= 11 is 0. The van der Waals surface area contributed by atoms with Crippen LogP contribution in [-0.4, -0.2) is 23.4 Å². The minimum atomic E-state index is -0.924. The number of aliphatic hydroxyl groups is 1. The Kier molecular flexibility index (Phi) is 7.96. The molecule has 3 aromatic carbocycles. The third-order valence-corrected chi connectivity index (χ3v) is 4.61. The SMILES string of the molecule is CCOc1ccc(C=CC(O)c2ccc(O)cc2OCc2ccccc2)c(OCC)c1. The van der Waals surface area contributed by atoms with Gasteiger partial charge in [0.1, 0.15) is 35.7 Å². The molecular formula is C26H28O5. The zero-order chi connectivity index (χ0) is 22.1. The van der Waals surface area contributed by atoms with Gasteiger partial charge in [0.25, 0.3) is 0 Å². The van der Waals surface area contributed by atoms with Crippen LogP contribution in [0.15, 0.2) is 72.8 Å². The van der Waals surface area contributed by atoms with Crippen LogP contribution in [0.5, 0.6) is 23.0 Å². The number of aromatic hydroxyl groups is 1. The highest BCUT2D eigenvalue weighted by Gasteiger charge is 2.13. The Morgan fingerprint density at radius 2 is 1.61 bits per heavy atom. The van der Waals surface area contributed by atoms with E-state index in [1.807, 2.05) is 62.4 Å². The van der Waals surface area contributed by atoms with Gasteiger partial charge in [0.15, 0.2) is 0 Å². The van der Waals surface area contributed by atoms with Crippen molar-refractivity contribution in [1.82, 2.24) is 0 Å². The molecule has 1 atom stereocenters. The van der Waals surface area contributed by atoms with E-state index in [1.165, 1.54) is 12.1 Å². The number of phenolic OH excluding ortho intramolecular Hbond substituents is 1. The maximum absolute atomic E-state index is 10.8. The molecule has 5 nitrogen and oxygen atoms in total. The maximum atomic E-state index is 10.8. The third-order valence-electron chi connectivity index (χ3n) is 4.61. The minimum absolute atomic E-state index is 0.0770. The van der Waals surface area contributed by atoms with Crippen molar-refractivity contribution in [2.75, 3.05) is 13.2 Å². The molecule has 5 heteroatoms. The van der Waals surface area contributed by atoms with Crippen LogP contribution in [-0.2, 0) is 6.61 Å². The van der Waals surface area contributed by atoms with Gasteiger partial charge < -0.3 is 24.4 Å². The fourth-order valence-electron chi connectivity index (χ4n) is 3.12. The maximum Gasteiger partial charge on any atom is 0.130 e. The van der Waals surface area contributed by atoms with E-state index in [-0.39, 0.29) is 5.75 Å². The predicted octanol–water partition coefficient (Wildman–Crippen LogP) is 5.52. The molecule has 0 aliphatic rings. The Bertz CT molecular complexity index is 998. The van der Waals surface area contributed by atoms with Gasteiger partial charge in [-0.1, -0.05) is 42.5 Å². The molecule has 2 N–H and O–H groups in total. The van der Waals surface area contributed by atoms with Crippen molar-refractivity contribution in [2.24, 2.45) is 0 Å². The first-order valence-electron chi connectivity index (χ1n) is 10.4. The Hall–Kier alpha value is -3.44. The summed E-state index contributed by atoms with van der Waals surface area (Å²) in [6, 6.07) is 20.0. The normalized spacial score (nSPS) is 12.0. The van der Waals surface area contributed by atoms with Crippen molar-refractivity contribution >= 4 is 6.08 Å². The lowest BCUT2D eigenvalue weighted by molar-refractivity contribution is 0.217. The molecular weight excluding hydrogens is 392 g/mol. The van der Waals surface area contributed by atoms with E-state index in [9.17, 15) is 10.2 Å². The third kappa shape index (κ3) is 6.27. The molecule has 0 aliphatic heterocycles. The molecule has 162 valence electrons. The van der Waals surface area contributed by atoms with Gasteiger partial charge >= 0.3 is 0 Å². The zero-order valence-electron chi connectivity index (χ0n) is 17.8. The van der Waals surface area contributed by atoms with Crippen molar-refractivity contribution in [3.63, 3.8) is 0 Å². The second kappa shape index (κ2) is 11.1. The molecule has 0 radical (unpaired) electrons. The Balaban J connectivity index is 1.79. The Labute approximate surface area is 183 Å². The van der Waals surface area contributed by atoms with Crippen LogP contribution in [0, 0.1) is 0 Å². The number of benzene rings is 3. The van der Waals surface area contributed by atoms with Crippen LogP contribution in [0.25, 0.3) is 6.08 Å². The lowest BCUT2D eigenvalue weighted by Gasteiger charge is -2.15. The molecule has 0 heterocycles. The van der Waals surface area contributed by atoms with E-state index < -0.39 is 6.10 Å². The summed E-state index contributed by atoms with van der Waals surface area (Å²) in [5, 5.41) is 20.7. The van der Waals surface area contributed by atoms with Gasteiger partial charge in [-0.3, -0.25) is 0 Å². The second-order valence-electron chi connectivity index (χ2n) is 6.87. The summed E-state index contributed by atoms with van der Waals surface area (Å²) in [5.74, 6) is 1.92. The highest BCUT2D eigenvalue weighted by Crippen LogP contribution is 2.32. The fraction of sp³-hybridized carbons (Fsp3) is 0.231. The van der Waals surface area contributed by atoms with Crippen LogP contribution in [0.4, 0.5) is 0 Å². The van der Waals surface area contributed by atoms with Gasteiger partial charge in [0, 0.05) is 23.3 Å². The number of ether oxygens (including phenoxy) is 3. The Morgan fingerprint density at radius 1 is 0.839 bits per heavy atom. The largest absolute Gasteiger partial charge is 0.508 e. The fourth-order valence-corrected chi connectivity index (χ4v) is 3.12. The molecule has 0 saturated heterocycles. The number of hydrogen-bond donors (Lipinski definition) is 2. The minimum Gasteiger partial charge on any atom is -0.508 e. The zero-order valence-corrected chi connectivity index (χ0v) is 17.8. The number of aliphatic hydroxyl groups excluding tert-OH is 1. The van der Waals surface area contributed by atoms with Crippen molar-refractivity contribution in [3.8, 4) is 23.0 Å². The van der Waals surface area contributed by atoms with Gasteiger partial charge in [-0.2, -0.15) is 0 Å². The van der Waals surface area contributed by atoms with E-state index in [4.69, 9.17) is 14.2 Å². The molecule has 0 fully saturated rings. The van der Waals surface area contributed by atoms with E-state index in [1.54, 1.807) is 18.2 Å². The summed E-state index contributed by atoms with van der Waals surface area (Å²) in [4.78, 5) is 0. The standard InChI is InChI=1S/C26H28O5/c1-3-29-22-13-10-20(25(17-22)30-4-2)11-15-24(28)23-14-12-21(27)16-26(23)31-18-19-8-6-5-7-9-19/h5-17,24,27-28H,3-4,18H2,1-2H3. The van der Waals surface area contributed by atoms with E-state index in [0.717, 1.165) is 16.9 Å². The Morgan fingerprint density at radius 3 is 2.35 bits per heavy atom. The summed E-state index contributed by atoms with van der Waals surface area (Å²) in [5.41, 5.74) is 2.39. The van der Waals surface area contributed by atoms with Crippen LogP contribution in [0.3, 0.4) is 0 Å². The lowest BCUT2D eigenvalue weighted by atomic mass is 10.1. The smallest absolute Gasteiger partial charge is 0.130 e. The first kappa shape index (κ1) is 22.2. The van der Waals surface area contributed by atoms with E-state index in [0.29, 0.717) is 36.9 Å². The van der Waals surface area contributed by atoms with Crippen molar-refractivity contribution in [2.45, 2.75) is 26.6 Å². The number of hydrogen-bond acceptors (Lipinski definition) is 5. The molecule has 31 heavy (non-hydrogen) atoms. The van der Waals surface area contributed by atoms with Crippen molar-refractivity contribution in [3.05, 3.63) is 89.5 Å². The molecule has 1 unspecified atom stereocenters. The first-order chi connectivity index (χ1) is 15.1. The van der Waals surface area contributed by atoms with Gasteiger partial charge in [0.05, 0.1) is 13.2 Å². The summed E-state index contributed by atoms with van der Waals surface area (Å²) in [6.07, 6.45) is 2.55. The number of phenols is 1. The quantitative estimate of drug-likeness (QED) is 0.452. The lowest BCUT2D eigenvalue weighted by Crippen LogP contribution is -2.02. The van der Waals surface area contributed by atoms with Crippen LogP contribution >= 0.6 is 0 Å². The average Bonchev–Trinajstić information content (AvgIpc) is 2.78. The molecule has 0 aromatic heterocycles. The second-order valence-corrected chi connectivity index (χ2v) is 6.87. The van der Waals surface area contributed by atoms with Crippen molar-refractivity contribution in [1.29, 1.82) is 0 Å². The van der Waals surface area contributed by atoms with E-state index >= 15 is 0 Å². The summed E-state index contributed by atoms with van der Waals surface area (Å²) < 4.78 is 17.1. The molecule has 3 rings (SSSR count). The van der Waals surface area contributed by atoms with Gasteiger partial charge in [-0.15, -0.1) is 0 Å². The van der Waals surface area contributed by atoms with Crippen LogP contribution in [0.2, 0.25) is 0 Å². The van der Waals surface area contributed by atoms with Gasteiger partial charge in [0.2, 0.25) is 0 Å². The molecule has 0 aliphatic carbocycles. The average molecular weight is 421 g/mol. The highest BCUT2D eigenvalue weighted by molar-refractivity contribution is 5.60. The van der Waals surface area contributed by atoms with Gasteiger partial charge in [-0.05, 0) is 43.7 Å². The first-order valence-corrected chi connectivity index (χ1v) is 10.4. The van der Waals surface area contributed by atoms with Gasteiger partial charge in [-0.25, -0.2) is 0 Å². The number of rotatable bonds is 10. The molecule has 0 spiro atoms. The topological polar surface area (TPSA) is 68.2 Å². The van der Waals surface area contributed by atoms with Crippen LogP contribution < -0.4 is 14.2 Å². The molecule has 0 amide bonds. The van der Waals surface area contributed by atoms with E-state index in [2.05, 4.69) is 0 Å². The summed E-state index contributed by atoms with van der Waals surface area (Å²) in [6.45, 7) is 5.28. The predicted molar refractivity (Wildman–Crippen MR) is 122 cm³/mol. The molecule has 3 aromatic rings.